The number of nitrogens with zero attached hydrogens (tertiary/aromatic N) is 1. The summed E-state index contributed by atoms with van der Waals surface area (Å²) in [7, 11) is -2.19. The molecule has 7 heteroatoms. The summed E-state index contributed by atoms with van der Waals surface area (Å²) in [5.74, 6) is 0.550. The van der Waals surface area contributed by atoms with Crippen molar-refractivity contribution < 1.29 is 12.8 Å². The van der Waals surface area contributed by atoms with Gasteiger partial charge in [-0.3, -0.25) is 0 Å². The monoisotopic (exact) mass is 333 g/mol. The third-order valence-electron chi connectivity index (χ3n) is 2.73. The van der Waals surface area contributed by atoms with Crippen LogP contribution in [-0.4, -0.2) is 19.8 Å². The third-order valence-corrected chi connectivity index (χ3v) is 4.90. The average molecular weight is 334 g/mol. The lowest BCUT2D eigenvalue weighted by Crippen LogP contribution is -2.26. The maximum absolute atomic E-state index is 12.3. The van der Waals surface area contributed by atoms with E-state index in [2.05, 4.69) is 0 Å². The van der Waals surface area contributed by atoms with E-state index in [9.17, 15) is 8.42 Å². The smallest absolute Gasteiger partial charge is 0.276 e. The van der Waals surface area contributed by atoms with Crippen molar-refractivity contribution >= 4 is 33.2 Å². The van der Waals surface area contributed by atoms with Gasteiger partial charge in [-0.15, -0.1) is 11.6 Å². The zero-order chi connectivity index (χ0) is 14.8. The second-order valence-corrected chi connectivity index (χ2v) is 6.92. The first kappa shape index (κ1) is 15.4. The van der Waals surface area contributed by atoms with Crippen LogP contribution in [0.1, 0.15) is 11.3 Å². The minimum absolute atomic E-state index is 0.113. The highest BCUT2D eigenvalue weighted by Crippen LogP contribution is 2.21. The van der Waals surface area contributed by atoms with E-state index >= 15 is 0 Å². The van der Waals surface area contributed by atoms with E-state index in [0.29, 0.717) is 10.8 Å². The van der Waals surface area contributed by atoms with Crippen LogP contribution >= 0.6 is 23.2 Å². The lowest BCUT2D eigenvalue weighted by atomic mass is 10.2. The van der Waals surface area contributed by atoms with E-state index in [-0.39, 0.29) is 17.5 Å². The molecule has 108 valence electrons. The fraction of sp³-hybridized carbons (Fsp3) is 0.231. The predicted molar refractivity (Wildman–Crippen MR) is 78.4 cm³/mol. The molecule has 0 N–H and O–H groups in total. The molecule has 0 aliphatic heterocycles. The Kier molecular flexibility index (Phi) is 4.75. The van der Waals surface area contributed by atoms with Crippen molar-refractivity contribution in [1.29, 1.82) is 0 Å². The number of furan rings is 1. The number of hydrogen-bond donors (Lipinski definition) is 0. The molecule has 0 saturated carbocycles. The molecular weight excluding hydrogens is 321 g/mol. The fourth-order valence-corrected chi connectivity index (χ4v) is 3.13. The van der Waals surface area contributed by atoms with E-state index in [1.165, 1.54) is 17.4 Å². The molecule has 0 atom stereocenters. The minimum Gasteiger partial charge on any atom is -0.447 e. The SMILES string of the molecule is CN(Cc1cccc(Cl)c1)S(=O)(=O)c1ccc(CCl)o1. The van der Waals surface area contributed by atoms with Crippen LogP contribution in [0.15, 0.2) is 45.9 Å². The molecule has 2 rings (SSSR count). The van der Waals surface area contributed by atoms with Crippen molar-refractivity contribution in [2.45, 2.75) is 17.5 Å². The van der Waals surface area contributed by atoms with Crippen molar-refractivity contribution in [2.24, 2.45) is 0 Å². The van der Waals surface area contributed by atoms with Gasteiger partial charge >= 0.3 is 0 Å². The predicted octanol–water partition coefficient (Wildman–Crippen LogP) is 3.49. The Labute approximate surface area is 128 Å². The summed E-state index contributed by atoms with van der Waals surface area (Å²) in [6.45, 7) is 0.208. The first-order chi connectivity index (χ1) is 9.43. The van der Waals surface area contributed by atoms with Crippen LogP contribution in [0.25, 0.3) is 0 Å². The quantitative estimate of drug-likeness (QED) is 0.787. The zero-order valence-corrected chi connectivity index (χ0v) is 13.0. The van der Waals surface area contributed by atoms with Crippen LogP contribution in [0, 0.1) is 0 Å². The van der Waals surface area contributed by atoms with Gasteiger partial charge in [0, 0.05) is 18.6 Å². The number of alkyl halides is 1. The van der Waals surface area contributed by atoms with Gasteiger partial charge in [0.15, 0.2) is 0 Å². The van der Waals surface area contributed by atoms with Crippen molar-refractivity contribution in [3.63, 3.8) is 0 Å². The van der Waals surface area contributed by atoms with E-state index in [1.807, 2.05) is 6.07 Å². The number of rotatable bonds is 5. The van der Waals surface area contributed by atoms with Crippen molar-refractivity contribution in [1.82, 2.24) is 4.31 Å². The second-order valence-electron chi connectivity index (χ2n) is 4.25. The maximum atomic E-state index is 12.3. The third kappa shape index (κ3) is 3.35. The van der Waals surface area contributed by atoms with Crippen LogP contribution in [0.4, 0.5) is 0 Å². The molecule has 0 amide bonds. The van der Waals surface area contributed by atoms with Gasteiger partial charge in [0.2, 0.25) is 5.09 Å². The summed E-state index contributed by atoms with van der Waals surface area (Å²) in [6, 6.07) is 9.99. The molecule has 2 aromatic rings. The zero-order valence-electron chi connectivity index (χ0n) is 10.7. The molecule has 0 saturated heterocycles. The Morgan fingerprint density at radius 1 is 1.25 bits per heavy atom. The molecule has 1 aromatic heterocycles. The summed E-state index contributed by atoms with van der Waals surface area (Å²) in [6.07, 6.45) is 0. The Balaban J connectivity index is 2.21. The Morgan fingerprint density at radius 3 is 2.60 bits per heavy atom. The van der Waals surface area contributed by atoms with Gasteiger partial charge in [-0.05, 0) is 29.8 Å². The molecule has 20 heavy (non-hydrogen) atoms. The van der Waals surface area contributed by atoms with Gasteiger partial charge in [0.1, 0.15) is 5.76 Å². The number of sulfonamides is 1. The van der Waals surface area contributed by atoms with Crippen LogP contribution < -0.4 is 0 Å². The highest BCUT2D eigenvalue weighted by atomic mass is 35.5. The van der Waals surface area contributed by atoms with Crippen molar-refractivity contribution in [2.75, 3.05) is 7.05 Å². The fourth-order valence-electron chi connectivity index (χ4n) is 1.70. The molecule has 1 heterocycles. The Morgan fingerprint density at radius 2 is 2.00 bits per heavy atom. The first-order valence-electron chi connectivity index (χ1n) is 5.79. The van der Waals surface area contributed by atoms with Crippen LogP contribution in [0.3, 0.4) is 0 Å². The average Bonchev–Trinajstić information content (AvgIpc) is 2.88. The normalized spacial score (nSPS) is 12.0. The van der Waals surface area contributed by atoms with E-state index in [0.717, 1.165) is 5.56 Å². The van der Waals surface area contributed by atoms with Gasteiger partial charge in [-0.1, -0.05) is 23.7 Å². The number of halogens is 2. The highest BCUT2D eigenvalue weighted by molar-refractivity contribution is 7.88. The van der Waals surface area contributed by atoms with Crippen LogP contribution in [0.5, 0.6) is 0 Å². The van der Waals surface area contributed by atoms with Gasteiger partial charge in [-0.2, -0.15) is 4.31 Å². The molecule has 0 aliphatic carbocycles. The van der Waals surface area contributed by atoms with Gasteiger partial charge in [0.05, 0.1) is 5.88 Å². The molecule has 0 aliphatic rings. The molecular formula is C13H13Cl2NO3S. The topological polar surface area (TPSA) is 50.5 Å². The molecule has 0 spiro atoms. The van der Waals surface area contributed by atoms with Crippen molar-refractivity contribution in [3.05, 3.63) is 52.7 Å². The number of benzene rings is 1. The largest absolute Gasteiger partial charge is 0.447 e. The van der Waals surface area contributed by atoms with Crippen LogP contribution in [-0.2, 0) is 22.4 Å². The summed E-state index contributed by atoms with van der Waals surface area (Å²) < 4.78 is 31.0. The molecule has 0 unspecified atom stereocenters. The summed E-state index contributed by atoms with van der Waals surface area (Å²) in [5, 5.41) is 0.452. The summed E-state index contributed by atoms with van der Waals surface area (Å²) >= 11 is 11.5. The minimum atomic E-state index is -3.67. The maximum Gasteiger partial charge on any atom is 0.276 e. The van der Waals surface area contributed by atoms with Gasteiger partial charge in [0.25, 0.3) is 10.0 Å². The van der Waals surface area contributed by atoms with Gasteiger partial charge < -0.3 is 4.42 Å². The first-order valence-corrected chi connectivity index (χ1v) is 8.14. The molecule has 1 aromatic carbocycles. The van der Waals surface area contributed by atoms with Crippen molar-refractivity contribution in [3.8, 4) is 0 Å². The standard InChI is InChI=1S/C13H13Cl2NO3S/c1-16(9-10-3-2-4-11(15)7-10)20(17,18)13-6-5-12(8-14)19-13/h2-7H,8-9H2,1H3. The van der Waals surface area contributed by atoms with E-state index < -0.39 is 10.0 Å². The number of hydrogen-bond acceptors (Lipinski definition) is 3. The molecule has 4 nitrogen and oxygen atoms in total. The molecule has 0 fully saturated rings. The lowest BCUT2D eigenvalue weighted by Gasteiger charge is -2.15. The Hall–Kier alpha value is -1.01. The van der Waals surface area contributed by atoms with E-state index in [1.54, 1.807) is 24.3 Å². The summed E-state index contributed by atoms with van der Waals surface area (Å²) in [5.41, 5.74) is 0.799. The molecule has 0 radical (unpaired) electrons. The van der Waals surface area contributed by atoms with Gasteiger partial charge in [-0.25, -0.2) is 8.42 Å². The highest BCUT2D eigenvalue weighted by Gasteiger charge is 2.24. The Bertz CT molecular complexity index is 697. The second kappa shape index (κ2) is 6.18. The van der Waals surface area contributed by atoms with E-state index in [4.69, 9.17) is 27.6 Å². The summed E-state index contributed by atoms with van der Waals surface area (Å²) in [4.78, 5) is 0. The van der Waals surface area contributed by atoms with Crippen LogP contribution in [0.2, 0.25) is 5.02 Å². The molecule has 0 bridgehead atoms. The lowest BCUT2D eigenvalue weighted by molar-refractivity contribution is 0.393.